The second-order valence-corrected chi connectivity index (χ2v) is 6.81. The Morgan fingerprint density at radius 2 is 2.14 bits per heavy atom. The van der Waals surface area contributed by atoms with Gasteiger partial charge in [0, 0.05) is 11.2 Å². The van der Waals surface area contributed by atoms with Crippen LogP contribution in [0.1, 0.15) is 25.3 Å². The van der Waals surface area contributed by atoms with Crippen molar-refractivity contribution < 1.29 is 13.2 Å². The molecule has 0 spiro atoms. The summed E-state index contributed by atoms with van der Waals surface area (Å²) in [5.74, 6) is 0.306. The molecular formula is C14H17ClN2O3S. The van der Waals surface area contributed by atoms with Gasteiger partial charge < -0.3 is 4.74 Å². The fourth-order valence-electron chi connectivity index (χ4n) is 1.78. The van der Waals surface area contributed by atoms with Crippen molar-refractivity contribution in [2.45, 2.75) is 31.6 Å². The molecular weight excluding hydrogens is 312 g/mol. The van der Waals surface area contributed by atoms with Crippen molar-refractivity contribution in [2.24, 2.45) is 0 Å². The normalized spacial score (nSPS) is 11.6. The molecule has 0 unspecified atom stereocenters. The van der Waals surface area contributed by atoms with Gasteiger partial charge in [0.05, 0.1) is 12.8 Å². The van der Waals surface area contributed by atoms with Crippen LogP contribution in [0.2, 0.25) is 5.02 Å². The monoisotopic (exact) mass is 328 g/mol. The quantitative estimate of drug-likeness (QED) is 0.764. The summed E-state index contributed by atoms with van der Waals surface area (Å²) in [5, 5.41) is 4.16. The van der Waals surface area contributed by atoms with Crippen LogP contribution in [0.4, 0.5) is 0 Å². The number of nitrogens with zero attached hydrogens (tertiary/aromatic N) is 2. The Morgan fingerprint density at radius 3 is 2.76 bits per heavy atom. The number of ether oxygens (including phenoxy) is 1. The van der Waals surface area contributed by atoms with Gasteiger partial charge in [-0.3, -0.25) is 0 Å². The largest absolute Gasteiger partial charge is 0.492 e. The zero-order valence-corrected chi connectivity index (χ0v) is 13.5. The Morgan fingerprint density at radius 1 is 1.38 bits per heavy atom. The summed E-state index contributed by atoms with van der Waals surface area (Å²) in [4.78, 5) is 0.0258. The van der Waals surface area contributed by atoms with E-state index in [1.54, 1.807) is 19.1 Å². The Bertz CT molecular complexity index is 712. The van der Waals surface area contributed by atoms with Crippen LogP contribution in [0.15, 0.2) is 35.5 Å². The minimum Gasteiger partial charge on any atom is -0.492 e. The third-order valence-corrected chi connectivity index (χ3v) is 4.98. The summed E-state index contributed by atoms with van der Waals surface area (Å²) in [6.45, 7) is 4.30. The molecule has 0 aliphatic heterocycles. The third kappa shape index (κ3) is 3.39. The van der Waals surface area contributed by atoms with E-state index in [-0.39, 0.29) is 4.90 Å². The summed E-state index contributed by atoms with van der Waals surface area (Å²) in [6.07, 6.45) is 4.60. The first-order valence-corrected chi connectivity index (χ1v) is 8.46. The molecule has 2 rings (SSSR count). The smallest absolute Gasteiger partial charge is 0.286 e. The molecule has 0 amide bonds. The maximum Gasteiger partial charge on any atom is 0.286 e. The maximum absolute atomic E-state index is 12.6. The minimum atomic E-state index is -3.81. The second kappa shape index (κ2) is 6.49. The molecule has 0 fully saturated rings. The van der Waals surface area contributed by atoms with Gasteiger partial charge in [0.1, 0.15) is 10.6 Å². The molecule has 2 aromatic rings. The number of aromatic nitrogens is 2. The van der Waals surface area contributed by atoms with Crippen LogP contribution in [0, 0.1) is 6.92 Å². The number of halogens is 1. The third-order valence-electron chi connectivity index (χ3n) is 2.98. The number of hydrogen-bond donors (Lipinski definition) is 0. The van der Waals surface area contributed by atoms with Crippen LogP contribution in [0.3, 0.4) is 0 Å². The van der Waals surface area contributed by atoms with Gasteiger partial charge in [0.2, 0.25) is 0 Å². The molecule has 0 aliphatic carbocycles. The number of benzene rings is 1. The Labute approximate surface area is 129 Å². The molecule has 0 saturated heterocycles. The Hall–Kier alpha value is -1.53. The summed E-state index contributed by atoms with van der Waals surface area (Å²) in [6, 6.07) is 4.61. The summed E-state index contributed by atoms with van der Waals surface area (Å²) >= 11 is 6.06. The minimum absolute atomic E-state index is 0.0258. The topological polar surface area (TPSA) is 61.2 Å². The molecule has 0 N–H and O–H groups in total. The van der Waals surface area contributed by atoms with Crippen molar-refractivity contribution in [1.29, 1.82) is 0 Å². The number of unbranched alkanes of at least 4 members (excludes halogenated alkanes) is 1. The zero-order chi connectivity index (χ0) is 15.5. The van der Waals surface area contributed by atoms with Crippen molar-refractivity contribution >= 4 is 21.6 Å². The van der Waals surface area contributed by atoms with Crippen molar-refractivity contribution in [3.8, 4) is 5.75 Å². The first-order chi connectivity index (χ1) is 9.96. The molecule has 0 atom stereocenters. The highest BCUT2D eigenvalue weighted by Gasteiger charge is 2.23. The van der Waals surface area contributed by atoms with E-state index in [0.29, 0.717) is 17.4 Å². The lowest BCUT2D eigenvalue weighted by Crippen LogP contribution is -2.15. The van der Waals surface area contributed by atoms with Crippen LogP contribution in [-0.4, -0.2) is 24.2 Å². The van der Waals surface area contributed by atoms with Gasteiger partial charge in [-0.1, -0.05) is 24.9 Å². The fraction of sp³-hybridized carbons (Fsp3) is 0.357. The summed E-state index contributed by atoms with van der Waals surface area (Å²) in [5.41, 5.74) is 0.766. The van der Waals surface area contributed by atoms with E-state index in [4.69, 9.17) is 16.3 Å². The molecule has 21 heavy (non-hydrogen) atoms. The number of hydrogen-bond acceptors (Lipinski definition) is 4. The highest BCUT2D eigenvalue weighted by molar-refractivity contribution is 7.90. The van der Waals surface area contributed by atoms with Gasteiger partial charge in [-0.05, 0) is 37.1 Å². The Balaban J connectivity index is 2.48. The highest BCUT2D eigenvalue weighted by Crippen LogP contribution is 2.31. The molecule has 0 aliphatic rings. The predicted molar refractivity (Wildman–Crippen MR) is 81.4 cm³/mol. The lowest BCUT2D eigenvalue weighted by atomic mass is 10.2. The second-order valence-electron chi connectivity index (χ2n) is 4.63. The molecule has 114 valence electrons. The van der Waals surface area contributed by atoms with Crippen LogP contribution in [0.25, 0.3) is 0 Å². The van der Waals surface area contributed by atoms with Crippen molar-refractivity contribution in [3.63, 3.8) is 0 Å². The zero-order valence-electron chi connectivity index (χ0n) is 11.9. The van der Waals surface area contributed by atoms with Gasteiger partial charge >= 0.3 is 0 Å². The summed E-state index contributed by atoms with van der Waals surface area (Å²) in [7, 11) is -3.81. The molecule has 1 heterocycles. The van der Waals surface area contributed by atoms with Gasteiger partial charge in [0.15, 0.2) is 0 Å². The van der Waals surface area contributed by atoms with Crippen molar-refractivity contribution in [3.05, 3.63) is 41.2 Å². The van der Waals surface area contributed by atoms with Crippen LogP contribution >= 0.6 is 11.6 Å². The molecule has 5 nitrogen and oxygen atoms in total. The lowest BCUT2D eigenvalue weighted by Gasteiger charge is -2.13. The molecule has 0 saturated carbocycles. The SMILES string of the molecule is CCCCOc1cc(C)c(Cl)cc1S(=O)(=O)n1cccn1. The molecule has 0 bridgehead atoms. The number of rotatable bonds is 6. The van der Waals surface area contributed by atoms with E-state index in [1.165, 1.54) is 18.5 Å². The van der Waals surface area contributed by atoms with E-state index in [9.17, 15) is 8.42 Å². The number of aryl methyl sites for hydroxylation is 1. The van der Waals surface area contributed by atoms with Crippen molar-refractivity contribution in [2.75, 3.05) is 6.61 Å². The van der Waals surface area contributed by atoms with E-state index in [0.717, 1.165) is 22.5 Å². The first kappa shape index (κ1) is 15.9. The van der Waals surface area contributed by atoms with E-state index in [2.05, 4.69) is 5.10 Å². The average Bonchev–Trinajstić information content (AvgIpc) is 2.97. The van der Waals surface area contributed by atoms with Crippen LogP contribution in [-0.2, 0) is 10.0 Å². The average molecular weight is 329 g/mol. The molecule has 0 radical (unpaired) electrons. The van der Waals surface area contributed by atoms with Gasteiger partial charge in [-0.15, -0.1) is 0 Å². The van der Waals surface area contributed by atoms with Gasteiger partial charge in [-0.25, -0.2) is 0 Å². The standard InChI is InChI=1S/C14H17ClN2O3S/c1-3-4-8-20-13-9-11(2)12(15)10-14(13)21(18,19)17-7-5-6-16-17/h5-7,9-10H,3-4,8H2,1-2H3. The van der Waals surface area contributed by atoms with Gasteiger partial charge in [-0.2, -0.15) is 17.6 Å². The van der Waals surface area contributed by atoms with Crippen molar-refractivity contribution in [1.82, 2.24) is 9.19 Å². The van der Waals surface area contributed by atoms with E-state index in [1.807, 2.05) is 6.92 Å². The van der Waals surface area contributed by atoms with Gasteiger partial charge in [0.25, 0.3) is 10.0 Å². The van der Waals surface area contributed by atoms with E-state index >= 15 is 0 Å². The van der Waals surface area contributed by atoms with Crippen LogP contribution in [0.5, 0.6) is 5.75 Å². The van der Waals surface area contributed by atoms with E-state index < -0.39 is 10.0 Å². The fourth-order valence-corrected chi connectivity index (χ4v) is 3.25. The summed E-state index contributed by atoms with van der Waals surface area (Å²) < 4.78 is 31.7. The first-order valence-electron chi connectivity index (χ1n) is 6.65. The maximum atomic E-state index is 12.6. The highest BCUT2D eigenvalue weighted by atomic mass is 35.5. The Kier molecular flexibility index (Phi) is 4.90. The molecule has 1 aromatic carbocycles. The van der Waals surface area contributed by atoms with Crippen LogP contribution < -0.4 is 4.74 Å². The predicted octanol–water partition coefficient (Wildman–Crippen LogP) is 3.26. The lowest BCUT2D eigenvalue weighted by molar-refractivity contribution is 0.301. The molecule has 1 aromatic heterocycles. The molecule has 7 heteroatoms.